The van der Waals surface area contributed by atoms with Crippen LogP contribution < -0.4 is 11.1 Å². The molecular weight excluding hydrogens is 173 g/mol. The Morgan fingerprint density at radius 3 is 2.42 bits per heavy atom. The molecule has 1 atom stereocenters. The Morgan fingerprint density at radius 2 is 2.08 bits per heavy atom. The topological polar surface area (TPSA) is 55.1 Å². The number of hydrogen-bond acceptors (Lipinski definition) is 2. The molecule has 3 N–H and O–H groups in total. The van der Waals surface area contributed by atoms with Crippen LogP contribution in [-0.2, 0) is 4.79 Å². The highest BCUT2D eigenvalue weighted by molar-refractivity contribution is 5.80. The van der Waals surface area contributed by atoms with Gasteiger partial charge in [0, 0.05) is 6.54 Å². The first-order valence-corrected chi connectivity index (χ1v) is 3.43. The molecule has 6 heteroatoms. The van der Waals surface area contributed by atoms with E-state index in [0.717, 1.165) is 0 Å². The van der Waals surface area contributed by atoms with E-state index in [2.05, 4.69) is 5.32 Å². The Morgan fingerprint density at radius 1 is 1.58 bits per heavy atom. The minimum Gasteiger partial charge on any atom is -0.354 e. The fourth-order valence-electron chi connectivity index (χ4n) is 0.488. The first-order valence-electron chi connectivity index (χ1n) is 3.43. The first kappa shape index (κ1) is 11.2. The highest BCUT2D eigenvalue weighted by atomic mass is 19.4. The molecule has 0 fully saturated rings. The maximum atomic E-state index is 11.5. The summed E-state index contributed by atoms with van der Waals surface area (Å²) in [4.78, 5) is 10.6. The molecule has 12 heavy (non-hydrogen) atoms. The van der Waals surface area contributed by atoms with Gasteiger partial charge in [-0.3, -0.25) is 4.79 Å². The summed E-state index contributed by atoms with van der Waals surface area (Å²) < 4.78 is 34.6. The third kappa shape index (κ3) is 5.96. The average Bonchev–Trinajstić information content (AvgIpc) is 1.84. The predicted octanol–water partition coefficient (Wildman–Crippen LogP) is 0.402. The van der Waals surface area contributed by atoms with Crippen molar-refractivity contribution in [3.63, 3.8) is 0 Å². The monoisotopic (exact) mass is 184 g/mol. The minimum absolute atomic E-state index is 0.413. The summed E-state index contributed by atoms with van der Waals surface area (Å²) in [5, 5.41) is 2.05. The summed E-state index contributed by atoms with van der Waals surface area (Å²) in [5.74, 6) is -0.570. The predicted molar refractivity (Wildman–Crippen MR) is 37.3 cm³/mol. The van der Waals surface area contributed by atoms with Crippen LogP contribution in [0.15, 0.2) is 0 Å². The molecule has 0 radical (unpaired) electrons. The zero-order valence-electron chi connectivity index (χ0n) is 6.61. The number of nitrogens with one attached hydrogen (secondary N) is 1. The molecule has 0 saturated heterocycles. The van der Waals surface area contributed by atoms with Crippen molar-refractivity contribution >= 4 is 5.91 Å². The van der Waals surface area contributed by atoms with Crippen LogP contribution in [0.25, 0.3) is 0 Å². The molecule has 0 spiro atoms. The Kier molecular flexibility index (Phi) is 4.02. The normalized spacial score (nSPS) is 14.1. The SMILES string of the molecule is C[C@@H](N)C(=O)NCCC(F)(F)F. The molecule has 0 unspecified atom stereocenters. The molecule has 0 aromatic heterocycles. The van der Waals surface area contributed by atoms with Gasteiger partial charge < -0.3 is 11.1 Å². The molecule has 1 amide bonds. The highest BCUT2D eigenvalue weighted by Gasteiger charge is 2.26. The van der Waals surface area contributed by atoms with Gasteiger partial charge in [0.25, 0.3) is 0 Å². The lowest BCUT2D eigenvalue weighted by atomic mass is 10.3. The van der Waals surface area contributed by atoms with Gasteiger partial charge in [-0.15, -0.1) is 0 Å². The van der Waals surface area contributed by atoms with E-state index in [9.17, 15) is 18.0 Å². The number of hydrogen-bond donors (Lipinski definition) is 2. The molecule has 0 aromatic carbocycles. The van der Waals surface area contributed by atoms with E-state index < -0.39 is 31.1 Å². The van der Waals surface area contributed by atoms with Gasteiger partial charge in [0.1, 0.15) is 0 Å². The molecule has 0 bridgehead atoms. The van der Waals surface area contributed by atoms with Crippen LogP contribution in [0.5, 0.6) is 0 Å². The second-order valence-electron chi connectivity index (χ2n) is 2.44. The number of carbonyl (C=O) groups excluding carboxylic acids is 1. The van der Waals surface area contributed by atoms with E-state index in [-0.39, 0.29) is 0 Å². The number of alkyl halides is 3. The summed E-state index contributed by atoms with van der Waals surface area (Å²) in [6.07, 6.45) is -5.25. The van der Waals surface area contributed by atoms with E-state index in [0.29, 0.717) is 0 Å². The van der Waals surface area contributed by atoms with Crippen LogP contribution in [0.4, 0.5) is 13.2 Å². The van der Waals surface area contributed by atoms with E-state index in [4.69, 9.17) is 5.73 Å². The minimum atomic E-state index is -4.23. The molecule has 0 aliphatic heterocycles. The number of amides is 1. The van der Waals surface area contributed by atoms with Crippen molar-refractivity contribution in [2.24, 2.45) is 5.73 Å². The van der Waals surface area contributed by atoms with Crippen LogP contribution in [-0.4, -0.2) is 24.7 Å². The van der Waals surface area contributed by atoms with Gasteiger partial charge >= 0.3 is 6.18 Å². The van der Waals surface area contributed by atoms with Crippen LogP contribution in [0, 0.1) is 0 Å². The maximum absolute atomic E-state index is 11.5. The Balaban J connectivity index is 3.51. The summed E-state index contributed by atoms with van der Waals surface area (Å²) in [5.41, 5.74) is 5.09. The largest absolute Gasteiger partial charge is 0.390 e. The van der Waals surface area contributed by atoms with Crippen molar-refractivity contribution < 1.29 is 18.0 Å². The zero-order chi connectivity index (χ0) is 9.78. The number of nitrogens with two attached hydrogens (primary N) is 1. The molecule has 0 rings (SSSR count). The zero-order valence-corrected chi connectivity index (χ0v) is 6.61. The second kappa shape index (κ2) is 4.30. The molecule has 0 saturated carbocycles. The van der Waals surface area contributed by atoms with Gasteiger partial charge in [0.2, 0.25) is 5.91 Å². The van der Waals surface area contributed by atoms with E-state index in [1.165, 1.54) is 6.92 Å². The van der Waals surface area contributed by atoms with E-state index >= 15 is 0 Å². The van der Waals surface area contributed by atoms with Gasteiger partial charge in [0.15, 0.2) is 0 Å². The molecule has 0 aromatic rings. The quantitative estimate of drug-likeness (QED) is 0.667. The van der Waals surface area contributed by atoms with Crippen molar-refractivity contribution in [1.29, 1.82) is 0 Å². The standard InChI is InChI=1S/C6H11F3N2O/c1-4(10)5(12)11-3-2-6(7,8)9/h4H,2-3,10H2,1H3,(H,11,12)/t4-/m1/s1. The lowest BCUT2D eigenvalue weighted by Gasteiger charge is -2.09. The summed E-state index contributed by atoms with van der Waals surface area (Å²) in [7, 11) is 0. The van der Waals surface area contributed by atoms with Crippen molar-refractivity contribution in [2.75, 3.05) is 6.54 Å². The van der Waals surface area contributed by atoms with Gasteiger partial charge in [-0.05, 0) is 6.92 Å². The molecule has 3 nitrogen and oxygen atoms in total. The summed E-state index contributed by atoms with van der Waals surface area (Å²) >= 11 is 0. The van der Waals surface area contributed by atoms with E-state index in [1.54, 1.807) is 0 Å². The van der Waals surface area contributed by atoms with Gasteiger partial charge in [-0.2, -0.15) is 13.2 Å². The third-order valence-electron chi connectivity index (χ3n) is 1.12. The Labute approximate surface area is 68.1 Å². The second-order valence-corrected chi connectivity index (χ2v) is 2.44. The summed E-state index contributed by atoms with van der Waals surface area (Å²) in [6, 6.07) is -0.766. The van der Waals surface area contributed by atoms with Crippen LogP contribution in [0.1, 0.15) is 13.3 Å². The van der Waals surface area contributed by atoms with Crippen molar-refractivity contribution in [1.82, 2.24) is 5.32 Å². The number of carbonyl (C=O) groups is 1. The summed E-state index contributed by atoms with van der Waals surface area (Å²) in [6.45, 7) is 0.993. The van der Waals surface area contributed by atoms with Crippen LogP contribution in [0.2, 0.25) is 0 Å². The van der Waals surface area contributed by atoms with Crippen molar-refractivity contribution in [3.8, 4) is 0 Å². The molecule has 0 heterocycles. The Bertz CT molecular complexity index is 155. The molecule has 72 valence electrons. The number of halogens is 3. The molecular formula is C6H11F3N2O. The highest BCUT2D eigenvalue weighted by Crippen LogP contribution is 2.17. The van der Waals surface area contributed by atoms with E-state index in [1.807, 2.05) is 0 Å². The maximum Gasteiger partial charge on any atom is 0.390 e. The number of rotatable bonds is 3. The van der Waals surface area contributed by atoms with Crippen molar-refractivity contribution in [3.05, 3.63) is 0 Å². The average molecular weight is 184 g/mol. The smallest absolute Gasteiger partial charge is 0.354 e. The van der Waals surface area contributed by atoms with Crippen LogP contribution in [0.3, 0.4) is 0 Å². The van der Waals surface area contributed by atoms with Gasteiger partial charge in [-0.25, -0.2) is 0 Å². The van der Waals surface area contributed by atoms with Crippen LogP contribution >= 0.6 is 0 Å². The van der Waals surface area contributed by atoms with Gasteiger partial charge in [0.05, 0.1) is 12.5 Å². The molecule has 0 aliphatic rings. The lowest BCUT2D eigenvalue weighted by Crippen LogP contribution is -2.39. The van der Waals surface area contributed by atoms with Crippen molar-refractivity contribution in [2.45, 2.75) is 25.6 Å². The lowest BCUT2D eigenvalue weighted by molar-refractivity contribution is -0.135. The fourth-order valence-corrected chi connectivity index (χ4v) is 0.488. The Hall–Kier alpha value is -0.780. The molecule has 0 aliphatic carbocycles. The fraction of sp³-hybridized carbons (Fsp3) is 0.833. The first-order chi connectivity index (χ1) is 5.33. The van der Waals surface area contributed by atoms with Gasteiger partial charge in [-0.1, -0.05) is 0 Å². The third-order valence-corrected chi connectivity index (χ3v) is 1.12.